The Morgan fingerprint density at radius 2 is 1.78 bits per heavy atom. The summed E-state index contributed by atoms with van der Waals surface area (Å²) >= 11 is 0. The molecule has 0 spiro atoms. The van der Waals surface area contributed by atoms with Gasteiger partial charge in [0.05, 0.1) is 10.8 Å². The lowest BCUT2D eigenvalue weighted by atomic mass is 10.3. The zero-order chi connectivity index (χ0) is 17.4. The molecular weight excluding hydrogens is 355 g/mol. The van der Waals surface area contributed by atoms with Crippen LogP contribution < -0.4 is 0 Å². The lowest BCUT2D eigenvalue weighted by Gasteiger charge is -2.08. The van der Waals surface area contributed by atoms with E-state index in [-0.39, 0.29) is 0 Å². The molecule has 0 saturated carbocycles. The van der Waals surface area contributed by atoms with E-state index in [4.69, 9.17) is 0 Å². The minimum absolute atomic E-state index is 0.400. The van der Waals surface area contributed by atoms with Gasteiger partial charge >= 0.3 is 12.4 Å². The third-order valence-corrected chi connectivity index (χ3v) is 3.84. The van der Waals surface area contributed by atoms with Crippen molar-refractivity contribution in [2.75, 3.05) is 5.75 Å². The number of hydrogen-bond acceptors (Lipinski definition) is 3. The van der Waals surface area contributed by atoms with Crippen molar-refractivity contribution in [2.45, 2.75) is 17.2 Å². The van der Waals surface area contributed by atoms with Crippen LogP contribution in [-0.4, -0.2) is 30.9 Å². The Labute approximate surface area is 126 Å². The molecule has 2 rings (SSSR count). The molecule has 126 valence electrons. The van der Waals surface area contributed by atoms with Gasteiger partial charge in [-0.3, -0.25) is 4.21 Å². The van der Waals surface area contributed by atoms with Crippen molar-refractivity contribution < 1.29 is 34.9 Å². The smallest absolute Gasteiger partial charge is 0.254 e. The fourth-order valence-electron chi connectivity index (χ4n) is 1.55. The van der Waals surface area contributed by atoms with Crippen LogP contribution in [0.1, 0.15) is 5.82 Å². The number of hydrogen-bond donors (Lipinski definition) is 0. The molecule has 0 saturated heterocycles. The predicted octanol–water partition coefficient (Wildman–Crippen LogP) is 3.10. The summed E-state index contributed by atoms with van der Waals surface area (Å²) in [6, 6.07) is 2.27. The summed E-state index contributed by atoms with van der Waals surface area (Å²) in [7, 11) is -2.53. The molecule has 0 bridgehead atoms. The summed E-state index contributed by atoms with van der Waals surface area (Å²) in [6.07, 6.45) is -9.02. The molecule has 2 aromatic rings. The van der Waals surface area contributed by atoms with Crippen molar-refractivity contribution in [1.82, 2.24) is 14.8 Å². The van der Waals surface area contributed by atoms with Gasteiger partial charge < -0.3 is 0 Å². The zero-order valence-corrected chi connectivity index (χ0v) is 11.6. The van der Waals surface area contributed by atoms with Gasteiger partial charge in [-0.1, -0.05) is 0 Å². The van der Waals surface area contributed by atoms with Crippen LogP contribution in [0.25, 0.3) is 5.69 Å². The molecule has 0 N–H and O–H groups in total. The first-order valence-corrected chi connectivity index (χ1v) is 7.03. The van der Waals surface area contributed by atoms with Crippen molar-refractivity contribution in [3.8, 4) is 5.69 Å². The van der Waals surface area contributed by atoms with Crippen LogP contribution >= 0.6 is 0 Å². The Bertz CT molecular complexity index is 738. The first-order valence-electron chi connectivity index (χ1n) is 5.71. The zero-order valence-electron chi connectivity index (χ0n) is 10.8. The van der Waals surface area contributed by atoms with Gasteiger partial charge in [0, 0.05) is 4.90 Å². The average Bonchev–Trinajstić information content (AvgIpc) is 2.86. The molecule has 0 amide bonds. The maximum atomic E-state index is 13.7. The van der Waals surface area contributed by atoms with Gasteiger partial charge in [0.1, 0.15) is 23.6 Å². The summed E-state index contributed by atoms with van der Waals surface area (Å²) in [6.45, 7) is 0. The lowest BCUT2D eigenvalue weighted by molar-refractivity contribution is -0.144. The molecule has 0 fully saturated rings. The summed E-state index contributed by atoms with van der Waals surface area (Å²) in [5.41, 5.74) is -0.596. The highest BCUT2D eigenvalue weighted by Gasteiger charge is 2.36. The Balaban J connectivity index is 2.38. The van der Waals surface area contributed by atoms with Crippen molar-refractivity contribution >= 4 is 10.8 Å². The van der Waals surface area contributed by atoms with Gasteiger partial charge in [0.2, 0.25) is 0 Å². The molecule has 1 heterocycles. The Morgan fingerprint density at radius 1 is 1.13 bits per heavy atom. The van der Waals surface area contributed by atoms with Crippen LogP contribution in [0.2, 0.25) is 0 Å². The third-order valence-electron chi connectivity index (χ3n) is 2.47. The highest BCUT2D eigenvalue weighted by atomic mass is 32.2. The molecule has 12 heteroatoms. The number of rotatable bonds is 3. The highest BCUT2D eigenvalue weighted by molar-refractivity contribution is 7.85. The minimum atomic E-state index is -4.86. The molecule has 1 atom stereocenters. The van der Waals surface area contributed by atoms with E-state index < -0.39 is 51.1 Å². The van der Waals surface area contributed by atoms with Crippen LogP contribution in [0.5, 0.6) is 0 Å². The number of nitrogens with zero attached hydrogens (tertiary/aromatic N) is 3. The largest absolute Gasteiger partial charge is 0.453 e. The van der Waals surface area contributed by atoms with Crippen LogP contribution in [0.3, 0.4) is 0 Å². The number of benzene rings is 1. The Morgan fingerprint density at radius 3 is 2.30 bits per heavy atom. The van der Waals surface area contributed by atoms with Crippen LogP contribution in [-0.2, 0) is 17.0 Å². The van der Waals surface area contributed by atoms with Crippen molar-refractivity contribution in [2.24, 2.45) is 0 Å². The second-order valence-electron chi connectivity index (χ2n) is 4.23. The molecule has 1 aromatic carbocycles. The monoisotopic (exact) mass is 361 g/mol. The van der Waals surface area contributed by atoms with Gasteiger partial charge in [-0.25, -0.2) is 14.1 Å². The molecule has 0 aliphatic rings. The Kier molecular flexibility index (Phi) is 4.46. The normalized spacial score (nSPS) is 14.0. The van der Waals surface area contributed by atoms with E-state index in [1.165, 1.54) is 0 Å². The van der Waals surface area contributed by atoms with E-state index in [1.54, 1.807) is 0 Å². The summed E-state index contributed by atoms with van der Waals surface area (Å²) in [5.74, 6) is -4.27. The fraction of sp³-hybridized carbons (Fsp3) is 0.273. The van der Waals surface area contributed by atoms with Crippen molar-refractivity contribution in [3.05, 3.63) is 36.2 Å². The molecule has 0 aliphatic carbocycles. The number of alkyl halides is 6. The summed E-state index contributed by atoms with van der Waals surface area (Å²) in [4.78, 5) is 2.54. The van der Waals surface area contributed by atoms with E-state index in [9.17, 15) is 34.9 Å². The molecule has 0 aliphatic heterocycles. The minimum Gasteiger partial charge on any atom is -0.254 e. The number of halogens is 7. The van der Waals surface area contributed by atoms with E-state index in [1.807, 2.05) is 0 Å². The third kappa shape index (κ3) is 4.27. The van der Waals surface area contributed by atoms with Gasteiger partial charge in [-0.2, -0.15) is 26.3 Å². The molecule has 1 aromatic heterocycles. The Hall–Kier alpha value is -1.98. The van der Waals surface area contributed by atoms with Gasteiger partial charge in [-0.15, -0.1) is 5.10 Å². The molecule has 0 radical (unpaired) electrons. The fourth-order valence-corrected chi connectivity index (χ4v) is 2.48. The van der Waals surface area contributed by atoms with Crippen LogP contribution in [0.15, 0.2) is 29.4 Å². The first-order chi connectivity index (χ1) is 10.5. The van der Waals surface area contributed by atoms with E-state index >= 15 is 0 Å². The maximum absolute atomic E-state index is 13.7. The standard InChI is InChI=1S/C11H6F7N3OS/c12-7-2-1-6(23(22)4-10(13,14)15)3-8(7)21-5-19-9(20-21)11(16,17)18/h1-3,5H,4H2. The van der Waals surface area contributed by atoms with E-state index in [0.717, 1.165) is 12.1 Å². The average molecular weight is 361 g/mol. The first kappa shape index (κ1) is 17.4. The summed E-state index contributed by atoms with van der Waals surface area (Å²) in [5, 5.41) is 3.01. The topological polar surface area (TPSA) is 47.8 Å². The summed E-state index contributed by atoms with van der Waals surface area (Å²) < 4.78 is 99.5. The quantitative estimate of drug-likeness (QED) is 0.790. The van der Waals surface area contributed by atoms with Crippen molar-refractivity contribution in [3.63, 3.8) is 0 Å². The van der Waals surface area contributed by atoms with Gasteiger partial charge in [0.15, 0.2) is 0 Å². The number of aromatic nitrogens is 3. The van der Waals surface area contributed by atoms with Crippen LogP contribution in [0, 0.1) is 5.82 Å². The maximum Gasteiger partial charge on any atom is 0.453 e. The highest BCUT2D eigenvalue weighted by Crippen LogP contribution is 2.27. The van der Waals surface area contributed by atoms with Crippen molar-refractivity contribution in [1.29, 1.82) is 0 Å². The lowest BCUT2D eigenvalue weighted by Crippen LogP contribution is -2.18. The second-order valence-corrected chi connectivity index (χ2v) is 5.68. The predicted molar refractivity (Wildman–Crippen MR) is 63.6 cm³/mol. The second kappa shape index (κ2) is 5.91. The molecule has 1 unspecified atom stereocenters. The molecular formula is C11H6F7N3OS. The SMILES string of the molecule is O=S(CC(F)(F)F)c1ccc(F)c(-n2cnc(C(F)(F)F)n2)c1. The van der Waals surface area contributed by atoms with Crippen LogP contribution in [0.4, 0.5) is 30.7 Å². The van der Waals surface area contributed by atoms with Gasteiger partial charge in [-0.05, 0) is 18.2 Å². The van der Waals surface area contributed by atoms with E-state index in [2.05, 4.69) is 10.1 Å². The molecule has 23 heavy (non-hydrogen) atoms. The van der Waals surface area contributed by atoms with E-state index in [0.29, 0.717) is 17.1 Å². The molecule has 4 nitrogen and oxygen atoms in total. The van der Waals surface area contributed by atoms with Gasteiger partial charge in [0.25, 0.3) is 5.82 Å².